The number of hydrogen-bond acceptors (Lipinski definition) is 12. The summed E-state index contributed by atoms with van der Waals surface area (Å²) in [4.78, 5) is 5.11. The standard InChI is InChI=1S/C64H76N5O8PS/c1-42(2)69(43(3)4)78(75-35-19-32-65)76-37-34-68-45(6)62(9,10)53-39-55-59(41-57(53)68)77-58-40-56-52(38-54(58)63(55)51-22-17-18-23-60(51)79(70,71)66(63)11)61(7,8)44(5)67(56)33-36-74-64(46-20-15-14-16-21-46,47-24-28-49(72-12)29-25-47)48-26-30-50(73-13)31-27-48/h14-18,20-31,38-45H,19,33-37H2,1-13H3. The summed E-state index contributed by atoms with van der Waals surface area (Å²) in [7, 11) is -0.352. The maximum Gasteiger partial charge on any atom is 0.259 e. The predicted octanol–water partition coefficient (Wildman–Crippen LogP) is 13.0. The number of rotatable bonds is 19. The second-order valence-corrected chi connectivity index (χ2v) is 26.3. The first-order chi connectivity index (χ1) is 37.7. The normalized spacial score (nSPS) is 20.6. The van der Waals surface area contributed by atoms with Crippen LogP contribution in [0.1, 0.15) is 120 Å². The van der Waals surface area contributed by atoms with Crippen LogP contribution in [0.25, 0.3) is 0 Å². The van der Waals surface area contributed by atoms with E-state index < -0.39 is 29.7 Å². The van der Waals surface area contributed by atoms with Crippen molar-refractivity contribution in [1.82, 2.24) is 8.98 Å². The van der Waals surface area contributed by atoms with Gasteiger partial charge in [0.1, 0.15) is 34.1 Å². The highest BCUT2D eigenvalue weighted by atomic mass is 32.2. The van der Waals surface area contributed by atoms with Crippen molar-refractivity contribution in [3.8, 4) is 29.1 Å². The van der Waals surface area contributed by atoms with Crippen molar-refractivity contribution in [1.29, 1.82) is 5.26 Å². The molecular formula is C64H76N5O8PS. The molecule has 15 heteroatoms. The lowest BCUT2D eigenvalue weighted by molar-refractivity contribution is 0.0165. The Labute approximate surface area is 470 Å². The Morgan fingerprint density at radius 1 is 0.646 bits per heavy atom. The number of hydrogen-bond donors (Lipinski definition) is 0. The summed E-state index contributed by atoms with van der Waals surface area (Å²) in [5, 5.41) is 9.35. The summed E-state index contributed by atoms with van der Waals surface area (Å²) in [5.74, 6) is 2.69. The van der Waals surface area contributed by atoms with E-state index in [4.69, 9.17) is 28.0 Å². The number of methoxy groups -OCH3 is 2. The monoisotopic (exact) mass is 1110 g/mol. The first kappa shape index (κ1) is 56.3. The molecule has 0 fully saturated rings. The number of sulfonamides is 1. The summed E-state index contributed by atoms with van der Waals surface area (Å²) >= 11 is 0. The van der Waals surface area contributed by atoms with Gasteiger partial charge in [-0.25, -0.2) is 13.1 Å². The molecule has 6 aromatic carbocycles. The molecule has 416 valence electrons. The summed E-state index contributed by atoms with van der Waals surface area (Å²) in [5.41, 5.74) is 6.39. The molecule has 13 nitrogen and oxygen atoms in total. The number of ether oxygens (including phenoxy) is 4. The molecule has 4 heterocycles. The maximum absolute atomic E-state index is 15.0. The minimum absolute atomic E-state index is 0.00601. The number of nitrogens with zero attached hydrogens (tertiary/aromatic N) is 5. The van der Waals surface area contributed by atoms with Gasteiger partial charge in [-0.3, -0.25) is 0 Å². The number of benzene rings is 6. The summed E-state index contributed by atoms with van der Waals surface area (Å²) in [6.07, 6.45) is 0.284. The van der Waals surface area contributed by atoms with E-state index in [0.29, 0.717) is 50.0 Å². The molecule has 4 atom stereocenters. The Kier molecular flexibility index (Phi) is 15.3. The van der Waals surface area contributed by atoms with E-state index in [1.165, 1.54) is 0 Å². The van der Waals surface area contributed by atoms with Gasteiger partial charge in [0.2, 0.25) is 10.0 Å². The molecule has 4 aliphatic rings. The van der Waals surface area contributed by atoms with Crippen LogP contribution in [0.4, 0.5) is 11.4 Å². The molecule has 0 saturated heterocycles. The van der Waals surface area contributed by atoms with Gasteiger partial charge < -0.3 is 37.8 Å². The summed E-state index contributed by atoms with van der Waals surface area (Å²) in [6.45, 7) is 24.3. The highest BCUT2D eigenvalue weighted by Crippen LogP contribution is 2.63. The average Bonchev–Trinajstić information content (AvgIpc) is 4.06. The molecule has 0 radical (unpaired) electrons. The third kappa shape index (κ3) is 9.09. The highest BCUT2D eigenvalue weighted by Gasteiger charge is 2.60. The third-order valence-electron chi connectivity index (χ3n) is 17.6. The van der Waals surface area contributed by atoms with E-state index in [1.54, 1.807) is 31.6 Å². The van der Waals surface area contributed by atoms with Crippen molar-refractivity contribution < 1.29 is 36.4 Å². The van der Waals surface area contributed by atoms with Gasteiger partial charge in [-0.15, -0.1) is 0 Å². The van der Waals surface area contributed by atoms with Crippen LogP contribution < -0.4 is 24.0 Å². The summed E-state index contributed by atoms with van der Waals surface area (Å²) in [6, 6.07) is 45.4. The molecule has 0 aliphatic carbocycles. The van der Waals surface area contributed by atoms with Crippen LogP contribution in [0.3, 0.4) is 0 Å². The Bertz CT molecular complexity index is 3310. The van der Waals surface area contributed by atoms with Crippen LogP contribution in [0.2, 0.25) is 0 Å². The maximum atomic E-state index is 15.0. The van der Waals surface area contributed by atoms with Crippen molar-refractivity contribution in [3.05, 3.63) is 172 Å². The van der Waals surface area contributed by atoms with E-state index in [1.807, 2.05) is 60.7 Å². The fourth-order valence-corrected chi connectivity index (χ4v) is 16.2. The SMILES string of the molecule is COc1ccc(C(OCCN2c3cc4c(cc3C(C)(C)C2C)C2(c3cc5c(cc3O4)N(CCOP(OCCC#N)N(C(C)C)C(C)C)C(C)C5(C)C)c3ccccc3S(=O)(=O)N2C)(c2ccccc2)c2ccc(OC)cc2)cc1. The molecule has 0 saturated carbocycles. The quantitative estimate of drug-likeness (QED) is 0.0435. The van der Waals surface area contributed by atoms with Crippen molar-refractivity contribution >= 4 is 29.9 Å². The Morgan fingerprint density at radius 2 is 1.11 bits per heavy atom. The lowest BCUT2D eigenvalue weighted by Crippen LogP contribution is -2.45. The number of fused-ring (bicyclic) bond motifs is 8. The molecule has 6 aromatic rings. The van der Waals surface area contributed by atoms with E-state index in [2.05, 4.69) is 150 Å². The molecule has 0 N–H and O–H groups in total. The molecule has 4 unspecified atom stereocenters. The largest absolute Gasteiger partial charge is 0.497 e. The van der Waals surface area contributed by atoms with Crippen molar-refractivity contribution in [3.63, 3.8) is 0 Å². The van der Waals surface area contributed by atoms with Gasteiger partial charge in [0, 0.05) is 95.3 Å². The Hall–Kier alpha value is -6.01. The van der Waals surface area contributed by atoms with E-state index in [0.717, 1.165) is 61.8 Å². The topological polar surface area (TPSA) is 126 Å². The average molecular weight is 1110 g/mol. The van der Waals surface area contributed by atoms with Gasteiger partial charge in [0.25, 0.3) is 8.53 Å². The zero-order valence-corrected chi connectivity index (χ0v) is 49.7. The number of nitriles is 1. The lowest BCUT2D eigenvalue weighted by Gasteiger charge is -2.42. The van der Waals surface area contributed by atoms with Gasteiger partial charge in [-0.1, -0.05) is 100 Å². The van der Waals surface area contributed by atoms with E-state index >= 15 is 0 Å². The first-order valence-corrected chi connectivity index (χ1v) is 30.2. The molecule has 4 aliphatic heterocycles. The smallest absolute Gasteiger partial charge is 0.259 e. The molecule has 1 spiro atoms. The van der Waals surface area contributed by atoms with Crippen LogP contribution in [0, 0.1) is 11.3 Å². The van der Waals surface area contributed by atoms with Gasteiger partial charge in [0.05, 0.1) is 51.4 Å². The Balaban J connectivity index is 1.06. The predicted molar refractivity (Wildman–Crippen MR) is 313 cm³/mol. The van der Waals surface area contributed by atoms with E-state index in [9.17, 15) is 13.7 Å². The van der Waals surface area contributed by atoms with Crippen molar-refractivity contribution in [2.75, 3.05) is 64.0 Å². The van der Waals surface area contributed by atoms with Crippen LogP contribution in [0.15, 0.2) is 132 Å². The van der Waals surface area contributed by atoms with Crippen molar-refractivity contribution in [2.24, 2.45) is 0 Å². The minimum atomic E-state index is -3.98. The number of anilines is 2. The summed E-state index contributed by atoms with van der Waals surface area (Å²) < 4.78 is 72.7. The van der Waals surface area contributed by atoms with Crippen LogP contribution in [0.5, 0.6) is 23.0 Å². The lowest BCUT2D eigenvalue weighted by atomic mass is 9.71. The molecule has 0 bridgehead atoms. The second kappa shape index (κ2) is 21.5. The first-order valence-electron chi connectivity index (χ1n) is 27.6. The molecular weight excluding hydrogens is 1030 g/mol. The fraction of sp³-hybridized carbons (Fsp3) is 0.422. The van der Waals surface area contributed by atoms with Crippen molar-refractivity contribution in [2.45, 2.75) is 127 Å². The van der Waals surface area contributed by atoms with Crippen LogP contribution in [-0.4, -0.2) is 95.7 Å². The second-order valence-electron chi connectivity index (χ2n) is 22.9. The minimum Gasteiger partial charge on any atom is -0.497 e. The third-order valence-corrected chi connectivity index (χ3v) is 21.6. The van der Waals surface area contributed by atoms with Gasteiger partial charge >= 0.3 is 0 Å². The van der Waals surface area contributed by atoms with Gasteiger partial charge in [-0.05, 0) is 112 Å². The van der Waals surface area contributed by atoms with Gasteiger partial charge in [-0.2, -0.15) is 9.57 Å². The molecule has 0 amide bonds. The highest BCUT2D eigenvalue weighted by molar-refractivity contribution is 7.89. The molecule has 0 aromatic heterocycles. The van der Waals surface area contributed by atoms with E-state index in [-0.39, 0.29) is 46.3 Å². The molecule has 10 rings (SSSR count). The fourth-order valence-electron chi connectivity index (χ4n) is 12.9. The Morgan fingerprint density at radius 3 is 1.61 bits per heavy atom. The van der Waals surface area contributed by atoms with Gasteiger partial charge in [0.15, 0.2) is 0 Å². The van der Waals surface area contributed by atoms with Crippen LogP contribution in [-0.2, 0) is 45.8 Å². The van der Waals surface area contributed by atoms with Crippen LogP contribution >= 0.6 is 8.53 Å². The molecule has 79 heavy (non-hydrogen) atoms. The zero-order chi connectivity index (χ0) is 56.4. The zero-order valence-electron chi connectivity index (χ0n) is 48.0.